The van der Waals surface area contributed by atoms with Gasteiger partial charge < -0.3 is 5.32 Å². The van der Waals surface area contributed by atoms with Gasteiger partial charge in [0.15, 0.2) is 0 Å². The maximum Gasteiger partial charge on any atom is 0.222 e. The Labute approximate surface area is 141 Å². The molecule has 0 unspecified atom stereocenters. The molecule has 0 aliphatic carbocycles. The van der Waals surface area contributed by atoms with Crippen LogP contribution in [0.15, 0.2) is 73.3 Å². The monoisotopic (exact) mass is 320 g/mol. The molecule has 1 aromatic heterocycles. The lowest BCUT2D eigenvalue weighted by Gasteiger charge is -2.19. The lowest BCUT2D eigenvalue weighted by atomic mass is 9.98. The van der Waals surface area contributed by atoms with Gasteiger partial charge in [-0.2, -0.15) is 5.10 Å². The van der Waals surface area contributed by atoms with Gasteiger partial charge in [-0.3, -0.25) is 9.48 Å². The maximum absolute atomic E-state index is 12.3. The van der Waals surface area contributed by atoms with Gasteiger partial charge in [-0.25, -0.2) is 4.98 Å². The van der Waals surface area contributed by atoms with Crippen molar-refractivity contribution < 1.29 is 4.79 Å². The average molecular weight is 320 g/mol. The number of hydrogen-bond acceptors (Lipinski definition) is 3. The second-order valence-corrected chi connectivity index (χ2v) is 5.63. The highest BCUT2D eigenvalue weighted by molar-refractivity contribution is 5.76. The molecular formula is C19H20N4O. The molecule has 5 heteroatoms. The van der Waals surface area contributed by atoms with Gasteiger partial charge in [0, 0.05) is 6.42 Å². The molecule has 1 N–H and O–H groups in total. The van der Waals surface area contributed by atoms with Crippen LogP contribution in [0.3, 0.4) is 0 Å². The van der Waals surface area contributed by atoms with E-state index in [-0.39, 0.29) is 11.9 Å². The third kappa shape index (κ3) is 4.52. The summed E-state index contributed by atoms with van der Waals surface area (Å²) in [6.45, 7) is 0.526. The Morgan fingerprint density at radius 2 is 1.75 bits per heavy atom. The molecule has 0 saturated heterocycles. The fourth-order valence-electron chi connectivity index (χ4n) is 2.62. The third-order valence-corrected chi connectivity index (χ3v) is 3.85. The average Bonchev–Trinajstić information content (AvgIpc) is 3.15. The van der Waals surface area contributed by atoms with E-state index in [2.05, 4.69) is 27.5 Å². The summed E-state index contributed by atoms with van der Waals surface area (Å²) in [4.78, 5) is 16.2. The van der Waals surface area contributed by atoms with Gasteiger partial charge in [0.25, 0.3) is 0 Å². The number of benzene rings is 2. The Morgan fingerprint density at radius 1 is 1.04 bits per heavy atom. The van der Waals surface area contributed by atoms with Crippen LogP contribution in [0.2, 0.25) is 0 Å². The van der Waals surface area contributed by atoms with Crippen molar-refractivity contribution in [3.63, 3.8) is 0 Å². The number of carbonyl (C=O) groups excluding carboxylic acids is 1. The SMILES string of the molecule is O=C(CCn1cncn1)N[C@@H](Cc1ccccc1)c1ccccc1. The summed E-state index contributed by atoms with van der Waals surface area (Å²) in [5.74, 6) is 0.00952. The van der Waals surface area contributed by atoms with E-state index >= 15 is 0 Å². The standard InChI is InChI=1S/C19H20N4O/c24-19(11-12-23-15-20-14-21-23)22-18(17-9-5-2-6-10-17)13-16-7-3-1-4-8-16/h1-10,14-15,18H,11-13H2,(H,22,24)/t18-/m0/s1. The molecule has 5 nitrogen and oxygen atoms in total. The van der Waals surface area contributed by atoms with Crippen LogP contribution in [-0.4, -0.2) is 20.7 Å². The van der Waals surface area contributed by atoms with Crippen LogP contribution in [0.25, 0.3) is 0 Å². The van der Waals surface area contributed by atoms with E-state index in [1.807, 2.05) is 48.5 Å². The fourth-order valence-corrected chi connectivity index (χ4v) is 2.62. The van der Waals surface area contributed by atoms with Crippen molar-refractivity contribution in [2.75, 3.05) is 0 Å². The van der Waals surface area contributed by atoms with E-state index in [4.69, 9.17) is 0 Å². The van der Waals surface area contributed by atoms with Crippen LogP contribution < -0.4 is 5.32 Å². The summed E-state index contributed by atoms with van der Waals surface area (Å²) in [6, 6.07) is 20.2. The van der Waals surface area contributed by atoms with Crippen LogP contribution in [0.5, 0.6) is 0 Å². The Balaban J connectivity index is 1.66. The van der Waals surface area contributed by atoms with E-state index in [0.717, 1.165) is 12.0 Å². The minimum absolute atomic E-state index is 0.00952. The van der Waals surface area contributed by atoms with Gasteiger partial charge in [-0.1, -0.05) is 60.7 Å². The van der Waals surface area contributed by atoms with Crippen molar-refractivity contribution in [3.8, 4) is 0 Å². The summed E-state index contributed by atoms with van der Waals surface area (Å²) in [6.07, 6.45) is 4.23. The number of nitrogens with zero attached hydrogens (tertiary/aromatic N) is 3. The molecule has 0 aliphatic heterocycles. The zero-order chi connectivity index (χ0) is 16.6. The van der Waals surface area contributed by atoms with Crippen LogP contribution in [-0.2, 0) is 17.8 Å². The Morgan fingerprint density at radius 3 is 2.42 bits per heavy atom. The molecule has 0 spiro atoms. The molecule has 24 heavy (non-hydrogen) atoms. The molecule has 0 aliphatic rings. The Bertz CT molecular complexity index is 742. The topological polar surface area (TPSA) is 59.8 Å². The molecule has 0 saturated carbocycles. The predicted molar refractivity (Wildman–Crippen MR) is 92.1 cm³/mol. The lowest BCUT2D eigenvalue weighted by molar-refractivity contribution is -0.122. The van der Waals surface area contributed by atoms with Crippen molar-refractivity contribution in [2.45, 2.75) is 25.4 Å². The number of hydrogen-bond donors (Lipinski definition) is 1. The first-order valence-electron chi connectivity index (χ1n) is 8.02. The number of aryl methyl sites for hydroxylation is 1. The maximum atomic E-state index is 12.3. The van der Waals surface area contributed by atoms with E-state index < -0.39 is 0 Å². The zero-order valence-electron chi connectivity index (χ0n) is 13.4. The van der Waals surface area contributed by atoms with Crippen LogP contribution in [0, 0.1) is 0 Å². The highest BCUT2D eigenvalue weighted by atomic mass is 16.1. The fraction of sp³-hybridized carbons (Fsp3) is 0.211. The van der Waals surface area contributed by atoms with Gasteiger partial charge >= 0.3 is 0 Å². The summed E-state index contributed by atoms with van der Waals surface area (Å²) < 4.78 is 1.66. The highest BCUT2D eigenvalue weighted by Gasteiger charge is 2.15. The van der Waals surface area contributed by atoms with Crippen molar-refractivity contribution in [1.29, 1.82) is 0 Å². The summed E-state index contributed by atoms with van der Waals surface area (Å²) >= 11 is 0. The van der Waals surface area contributed by atoms with Gasteiger partial charge in [0.05, 0.1) is 12.6 Å². The first-order chi connectivity index (χ1) is 11.8. The van der Waals surface area contributed by atoms with Crippen molar-refractivity contribution in [2.24, 2.45) is 0 Å². The van der Waals surface area contributed by atoms with E-state index in [9.17, 15) is 4.79 Å². The number of amides is 1. The molecule has 1 heterocycles. The number of aromatic nitrogens is 3. The zero-order valence-corrected chi connectivity index (χ0v) is 13.4. The van der Waals surface area contributed by atoms with Crippen LogP contribution >= 0.6 is 0 Å². The molecule has 2 aromatic carbocycles. The Hall–Kier alpha value is -2.95. The van der Waals surface area contributed by atoms with Crippen LogP contribution in [0.1, 0.15) is 23.6 Å². The number of nitrogens with one attached hydrogen (secondary N) is 1. The summed E-state index contributed by atoms with van der Waals surface area (Å²) in [5.41, 5.74) is 2.30. The molecule has 3 rings (SSSR count). The summed E-state index contributed by atoms with van der Waals surface area (Å²) in [5, 5.41) is 7.16. The third-order valence-electron chi connectivity index (χ3n) is 3.85. The van der Waals surface area contributed by atoms with E-state index in [1.54, 1.807) is 11.0 Å². The number of carbonyl (C=O) groups is 1. The first-order valence-corrected chi connectivity index (χ1v) is 8.02. The molecular weight excluding hydrogens is 300 g/mol. The second-order valence-electron chi connectivity index (χ2n) is 5.63. The largest absolute Gasteiger partial charge is 0.349 e. The van der Waals surface area contributed by atoms with E-state index in [0.29, 0.717) is 13.0 Å². The molecule has 1 amide bonds. The summed E-state index contributed by atoms with van der Waals surface area (Å²) in [7, 11) is 0. The van der Waals surface area contributed by atoms with Crippen molar-refractivity contribution in [1.82, 2.24) is 20.1 Å². The second kappa shape index (κ2) is 8.06. The minimum atomic E-state index is -0.0446. The van der Waals surface area contributed by atoms with Crippen molar-refractivity contribution in [3.05, 3.63) is 84.4 Å². The molecule has 0 fully saturated rings. The smallest absolute Gasteiger partial charge is 0.222 e. The van der Waals surface area contributed by atoms with Crippen molar-refractivity contribution >= 4 is 5.91 Å². The molecule has 3 aromatic rings. The normalized spacial score (nSPS) is 11.8. The molecule has 122 valence electrons. The van der Waals surface area contributed by atoms with Gasteiger partial charge in [0.2, 0.25) is 5.91 Å². The van der Waals surface area contributed by atoms with Gasteiger partial charge in [-0.05, 0) is 17.5 Å². The van der Waals surface area contributed by atoms with E-state index in [1.165, 1.54) is 11.9 Å². The molecule has 1 atom stereocenters. The Kier molecular flexibility index (Phi) is 5.35. The highest BCUT2D eigenvalue weighted by Crippen LogP contribution is 2.18. The van der Waals surface area contributed by atoms with Gasteiger partial charge in [-0.15, -0.1) is 0 Å². The molecule has 0 bridgehead atoms. The first kappa shape index (κ1) is 15.9. The lowest BCUT2D eigenvalue weighted by Crippen LogP contribution is -2.30. The van der Waals surface area contributed by atoms with Crippen LogP contribution in [0.4, 0.5) is 0 Å². The van der Waals surface area contributed by atoms with Gasteiger partial charge in [0.1, 0.15) is 12.7 Å². The predicted octanol–water partition coefficient (Wildman–Crippen LogP) is 2.77. The number of rotatable bonds is 7. The minimum Gasteiger partial charge on any atom is -0.349 e. The quantitative estimate of drug-likeness (QED) is 0.728. The molecule has 0 radical (unpaired) electrons.